The first kappa shape index (κ1) is 12.3. The van der Waals surface area contributed by atoms with Crippen molar-refractivity contribution < 1.29 is 13.5 Å². The van der Waals surface area contributed by atoms with Gasteiger partial charge in [-0.05, 0) is 38.0 Å². The molecule has 5 heteroatoms. The van der Waals surface area contributed by atoms with Crippen molar-refractivity contribution in [1.29, 1.82) is 0 Å². The van der Waals surface area contributed by atoms with Crippen molar-refractivity contribution in [3.63, 3.8) is 0 Å². The van der Waals surface area contributed by atoms with Gasteiger partial charge in [-0.15, -0.1) is 0 Å². The maximum atomic E-state index is 11.2. The van der Waals surface area contributed by atoms with Gasteiger partial charge >= 0.3 is 0 Å². The summed E-state index contributed by atoms with van der Waals surface area (Å²) in [6.07, 6.45) is 4.11. The number of aliphatic hydroxyl groups is 1. The maximum absolute atomic E-state index is 11.2. The van der Waals surface area contributed by atoms with Gasteiger partial charge in [-0.2, -0.15) is 0 Å². The molecule has 1 unspecified atom stereocenters. The molecule has 2 rings (SSSR count). The molecule has 2 N–H and O–H groups in total. The summed E-state index contributed by atoms with van der Waals surface area (Å²) in [4.78, 5) is 0. The SMILES string of the molecule is CC(CO)NC1CCC2(CC1)CS(=O)(=O)C2. The molecule has 1 heterocycles. The molecule has 0 amide bonds. The average molecular weight is 247 g/mol. The molecule has 1 atom stereocenters. The largest absolute Gasteiger partial charge is 0.395 e. The van der Waals surface area contributed by atoms with Crippen LogP contribution < -0.4 is 5.32 Å². The molecular formula is C11H21NO3S. The quantitative estimate of drug-likeness (QED) is 0.753. The predicted octanol–water partition coefficient (Wildman–Crippen LogP) is 0.314. The predicted molar refractivity (Wildman–Crippen MR) is 63.0 cm³/mol. The van der Waals surface area contributed by atoms with Gasteiger partial charge in [0.25, 0.3) is 0 Å². The van der Waals surface area contributed by atoms with E-state index in [1.807, 2.05) is 6.92 Å². The standard InChI is InChI=1S/C11H21NO3S/c1-9(6-13)12-10-2-4-11(5-3-10)7-16(14,15)8-11/h9-10,12-13H,2-8H2,1H3. The van der Waals surface area contributed by atoms with Crippen LogP contribution in [0.3, 0.4) is 0 Å². The highest BCUT2D eigenvalue weighted by Gasteiger charge is 2.49. The third-order valence-corrected chi connectivity index (χ3v) is 6.00. The summed E-state index contributed by atoms with van der Waals surface area (Å²) in [6, 6.07) is 0.597. The van der Waals surface area contributed by atoms with Gasteiger partial charge in [0.15, 0.2) is 9.84 Å². The second-order valence-corrected chi connectivity index (χ2v) is 7.62. The lowest BCUT2D eigenvalue weighted by Crippen LogP contribution is -2.53. The van der Waals surface area contributed by atoms with Gasteiger partial charge in [0.1, 0.15) is 0 Å². The van der Waals surface area contributed by atoms with Gasteiger partial charge in [-0.1, -0.05) is 0 Å². The number of hydrogen-bond acceptors (Lipinski definition) is 4. The third-order valence-electron chi connectivity index (χ3n) is 3.89. The fraction of sp³-hybridized carbons (Fsp3) is 1.00. The fourth-order valence-corrected chi connectivity index (χ4v) is 5.39. The normalized spacial score (nSPS) is 29.9. The molecule has 94 valence electrons. The summed E-state index contributed by atoms with van der Waals surface area (Å²) < 4.78 is 22.4. The van der Waals surface area contributed by atoms with Crippen molar-refractivity contribution in [3.05, 3.63) is 0 Å². The van der Waals surface area contributed by atoms with E-state index >= 15 is 0 Å². The molecule has 2 fully saturated rings. The molecule has 0 aromatic rings. The van der Waals surface area contributed by atoms with Crippen LogP contribution >= 0.6 is 0 Å². The minimum Gasteiger partial charge on any atom is -0.395 e. The van der Waals surface area contributed by atoms with Gasteiger partial charge in [0.2, 0.25) is 0 Å². The molecule has 4 nitrogen and oxygen atoms in total. The van der Waals surface area contributed by atoms with E-state index in [-0.39, 0.29) is 18.1 Å². The zero-order valence-electron chi connectivity index (χ0n) is 9.78. The molecule has 0 radical (unpaired) electrons. The molecule has 1 saturated carbocycles. The van der Waals surface area contributed by atoms with Crippen molar-refractivity contribution >= 4 is 9.84 Å². The van der Waals surface area contributed by atoms with Crippen LogP contribution in [-0.2, 0) is 9.84 Å². The van der Waals surface area contributed by atoms with Crippen LogP contribution in [0.15, 0.2) is 0 Å². The number of nitrogens with one attached hydrogen (secondary N) is 1. The fourth-order valence-electron chi connectivity index (χ4n) is 3.03. The highest BCUT2D eigenvalue weighted by atomic mass is 32.2. The summed E-state index contributed by atoms with van der Waals surface area (Å²) in [7, 11) is -2.70. The first-order valence-electron chi connectivity index (χ1n) is 6.02. The Morgan fingerprint density at radius 1 is 1.38 bits per heavy atom. The molecule has 1 aliphatic heterocycles. The van der Waals surface area contributed by atoms with E-state index in [4.69, 9.17) is 5.11 Å². The first-order chi connectivity index (χ1) is 7.45. The Labute approximate surface area is 97.3 Å². The lowest BCUT2D eigenvalue weighted by Gasteiger charge is -2.46. The summed E-state index contributed by atoms with van der Waals surface area (Å²) in [5.41, 5.74) is 0.111. The van der Waals surface area contributed by atoms with Gasteiger partial charge in [0, 0.05) is 12.1 Å². The van der Waals surface area contributed by atoms with Gasteiger partial charge in [0.05, 0.1) is 18.1 Å². The first-order valence-corrected chi connectivity index (χ1v) is 7.84. The van der Waals surface area contributed by atoms with Crippen molar-refractivity contribution in [2.24, 2.45) is 5.41 Å². The molecule has 1 saturated heterocycles. The molecule has 1 spiro atoms. The summed E-state index contributed by atoms with van der Waals surface area (Å²) in [5, 5.41) is 12.3. The van der Waals surface area contributed by atoms with Gasteiger partial charge in [-0.3, -0.25) is 0 Å². The number of rotatable bonds is 3. The van der Waals surface area contributed by atoms with E-state index < -0.39 is 9.84 Å². The third kappa shape index (κ3) is 2.57. The van der Waals surface area contributed by atoms with E-state index in [9.17, 15) is 8.42 Å². The number of hydrogen-bond donors (Lipinski definition) is 2. The molecule has 16 heavy (non-hydrogen) atoms. The highest BCUT2D eigenvalue weighted by molar-refractivity contribution is 7.92. The molecule has 0 bridgehead atoms. The Kier molecular flexibility index (Phi) is 3.29. The van der Waals surface area contributed by atoms with Crippen LogP contribution in [0.2, 0.25) is 0 Å². The van der Waals surface area contributed by atoms with E-state index in [0.29, 0.717) is 17.5 Å². The van der Waals surface area contributed by atoms with Crippen LogP contribution in [-0.4, -0.2) is 43.7 Å². The van der Waals surface area contributed by atoms with Crippen LogP contribution in [0.25, 0.3) is 0 Å². The molecule has 0 aromatic carbocycles. The minimum atomic E-state index is -2.70. The number of sulfone groups is 1. The molecule has 1 aliphatic carbocycles. The topological polar surface area (TPSA) is 66.4 Å². The summed E-state index contributed by atoms with van der Waals surface area (Å²) in [6.45, 7) is 2.13. The van der Waals surface area contributed by atoms with Crippen LogP contribution in [0.4, 0.5) is 0 Å². The summed E-state index contributed by atoms with van der Waals surface area (Å²) >= 11 is 0. The van der Waals surface area contributed by atoms with E-state index in [1.54, 1.807) is 0 Å². The van der Waals surface area contributed by atoms with Crippen molar-refractivity contribution in [2.45, 2.75) is 44.7 Å². The van der Waals surface area contributed by atoms with E-state index in [1.165, 1.54) is 0 Å². The van der Waals surface area contributed by atoms with Crippen molar-refractivity contribution in [1.82, 2.24) is 5.32 Å². The van der Waals surface area contributed by atoms with E-state index in [2.05, 4.69) is 5.32 Å². The lowest BCUT2D eigenvalue weighted by atomic mass is 9.74. The second-order valence-electron chi connectivity index (χ2n) is 5.56. The van der Waals surface area contributed by atoms with Crippen molar-refractivity contribution in [2.75, 3.05) is 18.1 Å². The second kappa shape index (κ2) is 4.27. The summed E-state index contributed by atoms with van der Waals surface area (Å²) in [5.74, 6) is 0.810. The molecule has 2 aliphatic rings. The smallest absolute Gasteiger partial charge is 0.151 e. The Morgan fingerprint density at radius 3 is 2.38 bits per heavy atom. The van der Waals surface area contributed by atoms with Crippen LogP contribution in [0, 0.1) is 5.41 Å². The zero-order valence-corrected chi connectivity index (χ0v) is 10.6. The Morgan fingerprint density at radius 2 is 1.94 bits per heavy atom. The highest BCUT2D eigenvalue weighted by Crippen LogP contribution is 2.45. The maximum Gasteiger partial charge on any atom is 0.151 e. The average Bonchev–Trinajstić information content (AvgIpc) is 2.18. The monoisotopic (exact) mass is 247 g/mol. The van der Waals surface area contributed by atoms with Crippen LogP contribution in [0.5, 0.6) is 0 Å². The van der Waals surface area contributed by atoms with Gasteiger partial charge < -0.3 is 10.4 Å². The van der Waals surface area contributed by atoms with Gasteiger partial charge in [-0.25, -0.2) is 8.42 Å². The van der Waals surface area contributed by atoms with Crippen LogP contribution in [0.1, 0.15) is 32.6 Å². The Balaban J connectivity index is 1.80. The minimum absolute atomic E-state index is 0.111. The number of aliphatic hydroxyl groups excluding tert-OH is 1. The molecule has 0 aromatic heterocycles. The van der Waals surface area contributed by atoms with Crippen molar-refractivity contribution in [3.8, 4) is 0 Å². The van der Waals surface area contributed by atoms with E-state index in [0.717, 1.165) is 25.7 Å². The lowest BCUT2D eigenvalue weighted by molar-refractivity contribution is 0.171. The molecular weight excluding hydrogens is 226 g/mol. The Hall–Kier alpha value is -0.130. The zero-order chi connectivity index (χ0) is 11.8. The Bertz CT molecular complexity index is 330.